The van der Waals surface area contributed by atoms with Gasteiger partial charge in [-0.2, -0.15) is 4.37 Å². The number of aryl methyl sites for hydroxylation is 1. The molecule has 2 heterocycles. The lowest BCUT2D eigenvalue weighted by atomic mass is 10.1. The zero-order chi connectivity index (χ0) is 25.8. The van der Waals surface area contributed by atoms with E-state index in [2.05, 4.69) is 31.7 Å². The number of amides is 2. The van der Waals surface area contributed by atoms with Crippen molar-refractivity contribution >= 4 is 28.5 Å². The number of carbonyl (C=O) groups excluding carboxylic acids is 1. The molecule has 0 spiro atoms. The molecule has 1 aromatic heterocycles. The Bertz CT molecular complexity index is 960. The van der Waals surface area contributed by atoms with Gasteiger partial charge in [-0.05, 0) is 48.5 Å². The smallest absolute Gasteiger partial charge is 0.344 e. The number of hydrogen-bond acceptors (Lipinski definition) is 8. The summed E-state index contributed by atoms with van der Waals surface area (Å²) in [6, 6.07) is 7.45. The molecule has 0 atom stereocenters. The molecule has 0 unspecified atom stereocenters. The Labute approximate surface area is 216 Å². The maximum atomic E-state index is 12.3. The van der Waals surface area contributed by atoms with E-state index in [0.717, 1.165) is 82.0 Å². The standard InChI is InChI=1S/C25H37N5O5S/c1-2-19-6-8-20(9-7-19)18-35-22-21(24(32)33)23(36-28-22)27-25(34)26-10-4-3-5-11-29-12-14-30(15-13-29)16-17-31/h6-9,31H,2-5,10-18H2,1H3,(H,32,33)(H2,26,27,34). The Kier molecular flexibility index (Phi) is 11.4. The van der Waals surface area contributed by atoms with Crippen molar-refractivity contribution in [2.75, 3.05) is 57.7 Å². The van der Waals surface area contributed by atoms with Crippen LogP contribution in [0.4, 0.5) is 9.80 Å². The van der Waals surface area contributed by atoms with Gasteiger partial charge in [0.15, 0.2) is 5.56 Å². The molecular formula is C25H37N5O5S. The van der Waals surface area contributed by atoms with Crippen LogP contribution in [0, 0.1) is 0 Å². The van der Waals surface area contributed by atoms with Gasteiger partial charge in [0.25, 0.3) is 0 Å². The Morgan fingerprint density at radius 3 is 2.33 bits per heavy atom. The summed E-state index contributed by atoms with van der Waals surface area (Å²) < 4.78 is 9.74. The number of urea groups is 1. The number of unbranched alkanes of at least 4 members (excludes halogenated alkanes) is 2. The average molecular weight is 520 g/mol. The summed E-state index contributed by atoms with van der Waals surface area (Å²) in [7, 11) is 0. The molecular weight excluding hydrogens is 482 g/mol. The van der Waals surface area contributed by atoms with E-state index in [4.69, 9.17) is 9.84 Å². The molecule has 1 aliphatic heterocycles. The third-order valence-corrected chi connectivity index (χ3v) is 6.97. The van der Waals surface area contributed by atoms with E-state index in [-0.39, 0.29) is 29.7 Å². The first-order valence-electron chi connectivity index (χ1n) is 12.5. The number of piperazine rings is 1. The molecule has 4 N–H and O–H groups in total. The molecule has 1 aliphatic rings. The molecule has 0 aliphatic carbocycles. The van der Waals surface area contributed by atoms with Gasteiger partial charge in [-0.15, -0.1) is 0 Å². The van der Waals surface area contributed by atoms with Crippen LogP contribution < -0.4 is 15.4 Å². The molecule has 1 fully saturated rings. The first kappa shape index (κ1) is 27.9. The first-order chi connectivity index (χ1) is 17.5. The van der Waals surface area contributed by atoms with Crippen LogP contribution in [0.25, 0.3) is 0 Å². The lowest BCUT2D eigenvalue weighted by Crippen LogP contribution is -2.47. The van der Waals surface area contributed by atoms with E-state index in [1.807, 2.05) is 24.3 Å². The van der Waals surface area contributed by atoms with Crippen molar-refractivity contribution in [3.8, 4) is 5.88 Å². The molecule has 0 saturated carbocycles. The van der Waals surface area contributed by atoms with Crippen LogP contribution in [0.5, 0.6) is 5.88 Å². The zero-order valence-corrected chi connectivity index (χ0v) is 21.7. The number of aromatic carboxylic acids is 1. The lowest BCUT2D eigenvalue weighted by molar-refractivity contribution is 0.0693. The molecule has 3 rings (SSSR count). The number of aliphatic hydroxyl groups excluding tert-OH is 1. The second-order valence-electron chi connectivity index (χ2n) is 8.80. The van der Waals surface area contributed by atoms with Crippen molar-refractivity contribution in [2.24, 2.45) is 0 Å². The number of aliphatic hydroxyl groups is 1. The number of carbonyl (C=O) groups is 2. The Morgan fingerprint density at radius 1 is 1.03 bits per heavy atom. The summed E-state index contributed by atoms with van der Waals surface area (Å²) in [5.41, 5.74) is 1.98. The summed E-state index contributed by atoms with van der Waals surface area (Å²) in [5.74, 6) is -1.20. The molecule has 11 heteroatoms. The van der Waals surface area contributed by atoms with E-state index in [9.17, 15) is 14.7 Å². The molecule has 2 aromatic rings. The number of β-amino-alcohol motifs (C(OH)–C–C–N with tert-alkyl or cyclic N) is 1. The first-order valence-corrected chi connectivity index (χ1v) is 13.3. The fourth-order valence-corrected chi connectivity index (χ4v) is 4.76. The lowest BCUT2D eigenvalue weighted by Gasteiger charge is -2.34. The van der Waals surface area contributed by atoms with E-state index >= 15 is 0 Å². The van der Waals surface area contributed by atoms with E-state index in [1.165, 1.54) is 5.56 Å². The molecule has 10 nitrogen and oxygen atoms in total. The number of hydrogen-bond donors (Lipinski definition) is 4. The molecule has 36 heavy (non-hydrogen) atoms. The highest BCUT2D eigenvalue weighted by Crippen LogP contribution is 2.31. The van der Waals surface area contributed by atoms with Gasteiger partial charge < -0.3 is 25.2 Å². The quantitative estimate of drug-likeness (QED) is 0.281. The van der Waals surface area contributed by atoms with Gasteiger partial charge in [0, 0.05) is 39.3 Å². The second kappa shape index (κ2) is 14.7. The molecule has 0 bridgehead atoms. The number of carboxylic acids is 1. The molecule has 0 radical (unpaired) electrons. The number of nitrogens with one attached hydrogen (secondary N) is 2. The van der Waals surface area contributed by atoms with Crippen molar-refractivity contribution in [3.63, 3.8) is 0 Å². The summed E-state index contributed by atoms with van der Waals surface area (Å²) in [6.07, 6.45) is 3.84. The number of benzene rings is 1. The van der Waals surface area contributed by atoms with Crippen molar-refractivity contribution in [3.05, 3.63) is 41.0 Å². The normalized spacial score (nSPS) is 14.5. The highest BCUT2D eigenvalue weighted by molar-refractivity contribution is 7.11. The van der Waals surface area contributed by atoms with Gasteiger partial charge in [0.05, 0.1) is 6.61 Å². The summed E-state index contributed by atoms with van der Waals surface area (Å²) >= 11 is 0.890. The van der Waals surface area contributed by atoms with Crippen LogP contribution in [0.15, 0.2) is 24.3 Å². The monoisotopic (exact) mass is 519 g/mol. The summed E-state index contributed by atoms with van der Waals surface area (Å²) in [6.45, 7) is 8.82. The van der Waals surface area contributed by atoms with Gasteiger partial charge in [0.1, 0.15) is 11.6 Å². The fourth-order valence-electron chi connectivity index (χ4n) is 4.04. The minimum absolute atomic E-state index is 0.000405. The predicted molar refractivity (Wildman–Crippen MR) is 140 cm³/mol. The number of carboxylic acid groups (broad SMARTS) is 1. The highest BCUT2D eigenvalue weighted by Gasteiger charge is 2.23. The minimum Gasteiger partial charge on any atom is -0.477 e. The Hall–Kier alpha value is -2.73. The SMILES string of the molecule is CCc1ccc(COc2nsc(NC(=O)NCCCCCN3CCN(CCO)CC3)c2C(=O)O)cc1. The van der Waals surface area contributed by atoms with Crippen LogP contribution in [-0.2, 0) is 13.0 Å². The number of anilines is 1. The largest absolute Gasteiger partial charge is 0.477 e. The van der Waals surface area contributed by atoms with Gasteiger partial charge in [-0.1, -0.05) is 37.6 Å². The van der Waals surface area contributed by atoms with Crippen molar-refractivity contribution in [2.45, 2.75) is 39.2 Å². The van der Waals surface area contributed by atoms with Crippen molar-refractivity contribution < 1.29 is 24.5 Å². The van der Waals surface area contributed by atoms with Crippen molar-refractivity contribution in [1.82, 2.24) is 19.5 Å². The van der Waals surface area contributed by atoms with E-state index in [0.29, 0.717) is 6.54 Å². The summed E-state index contributed by atoms with van der Waals surface area (Å²) in [4.78, 5) is 28.8. The van der Waals surface area contributed by atoms with Crippen molar-refractivity contribution in [1.29, 1.82) is 0 Å². The average Bonchev–Trinajstić information content (AvgIpc) is 3.28. The Balaban J connectivity index is 1.35. The third kappa shape index (κ3) is 8.74. The number of aromatic nitrogens is 1. The molecule has 2 amide bonds. The molecule has 1 saturated heterocycles. The number of ether oxygens (including phenoxy) is 1. The van der Waals surface area contributed by atoms with Crippen LogP contribution in [0.2, 0.25) is 0 Å². The third-order valence-electron chi connectivity index (χ3n) is 6.23. The number of nitrogens with zero attached hydrogens (tertiary/aromatic N) is 3. The van der Waals surface area contributed by atoms with Gasteiger partial charge in [0.2, 0.25) is 5.88 Å². The highest BCUT2D eigenvalue weighted by atomic mass is 32.1. The second-order valence-corrected chi connectivity index (χ2v) is 9.58. The summed E-state index contributed by atoms with van der Waals surface area (Å²) in [5, 5.41) is 24.2. The molecule has 198 valence electrons. The van der Waals surface area contributed by atoms with Crippen LogP contribution in [-0.4, -0.2) is 88.8 Å². The maximum Gasteiger partial charge on any atom is 0.344 e. The zero-order valence-electron chi connectivity index (χ0n) is 20.9. The molecule has 1 aromatic carbocycles. The Morgan fingerprint density at radius 2 is 1.69 bits per heavy atom. The van der Waals surface area contributed by atoms with E-state index in [1.54, 1.807) is 0 Å². The van der Waals surface area contributed by atoms with Crippen LogP contribution in [0.1, 0.15) is 47.7 Å². The minimum atomic E-state index is -1.20. The van der Waals surface area contributed by atoms with Gasteiger partial charge >= 0.3 is 12.0 Å². The fraction of sp³-hybridized carbons (Fsp3) is 0.560. The van der Waals surface area contributed by atoms with Crippen LogP contribution in [0.3, 0.4) is 0 Å². The maximum absolute atomic E-state index is 12.3. The van der Waals surface area contributed by atoms with Crippen LogP contribution >= 0.6 is 11.5 Å². The van der Waals surface area contributed by atoms with Gasteiger partial charge in [-0.25, -0.2) is 9.59 Å². The topological polar surface area (TPSA) is 127 Å². The number of rotatable bonds is 14. The predicted octanol–water partition coefficient (Wildman–Crippen LogP) is 2.88. The van der Waals surface area contributed by atoms with E-state index < -0.39 is 12.0 Å². The van der Waals surface area contributed by atoms with Gasteiger partial charge in [-0.3, -0.25) is 10.2 Å².